The lowest BCUT2D eigenvalue weighted by atomic mass is 9.88. The van der Waals surface area contributed by atoms with Crippen LogP contribution in [0.1, 0.15) is 52.9 Å². The van der Waals surface area contributed by atoms with E-state index >= 15 is 0 Å². The first-order chi connectivity index (χ1) is 20.8. The molecule has 0 aliphatic carbocycles. The maximum Gasteiger partial charge on any atom is 0.416 e. The van der Waals surface area contributed by atoms with E-state index in [2.05, 4.69) is 20.1 Å². The van der Waals surface area contributed by atoms with Crippen molar-refractivity contribution in [3.63, 3.8) is 0 Å². The highest BCUT2D eigenvalue weighted by Crippen LogP contribution is 2.40. The Morgan fingerprint density at radius 1 is 0.978 bits per heavy atom. The molecule has 1 aromatic carbocycles. The van der Waals surface area contributed by atoms with Gasteiger partial charge in [-0.15, -0.1) is 0 Å². The number of aryl methyl sites for hydroxylation is 2. The molecular weight excluding hydrogens is 649 g/mol. The van der Waals surface area contributed by atoms with Crippen LogP contribution >= 0.6 is 0 Å². The molecular formula is C25H27F3N6O9S2. The smallest absolute Gasteiger partial charge is 0.416 e. The fraction of sp³-hybridized carbons (Fsp3) is 0.280. The molecule has 5 rings (SSSR count). The zero-order chi connectivity index (χ0) is 33.6. The molecule has 4 N–H and O–H groups in total. The summed E-state index contributed by atoms with van der Waals surface area (Å²) in [4.78, 5) is 13.3. The summed E-state index contributed by atoms with van der Waals surface area (Å²) in [5.74, 6) is 0.938. The van der Waals surface area contributed by atoms with E-state index in [9.17, 15) is 13.2 Å². The van der Waals surface area contributed by atoms with E-state index in [-0.39, 0.29) is 5.56 Å². The second kappa shape index (κ2) is 14.3. The van der Waals surface area contributed by atoms with Crippen molar-refractivity contribution in [3.8, 4) is 11.6 Å². The minimum atomic E-state index is -4.67. The average Bonchev–Trinajstić information content (AvgIpc) is 3.55. The zero-order valence-corrected chi connectivity index (χ0v) is 25.1. The monoisotopic (exact) mass is 676 g/mol. The Balaban J connectivity index is 0.000000482. The molecule has 4 heterocycles. The molecule has 20 heteroatoms. The van der Waals surface area contributed by atoms with Gasteiger partial charge in [-0.25, -0.2) is 19.6 Å². The summed E-state index contributed by atoms with van der Waals surface area (Å²) in [5, 5.41) is 4.51. The van der Waals surface area contributed by atoms with Crippen LogP contribution in [0.4, 0.5) is 13.2 Å². The van der Waals surface area contributed by atoms with Crippen LogP contribution < -0.4 is 4.74 Å². The molecule has 45 heavy (non-hydrogen) atoms. The van der Waals surface area contributed by atoms with E-state index in [4.69, 9.17) is 39.8 Å². The van der Waals surface area contributed by atoms with E-state index in [1.165, 1.54) is 12.1 Å². The van der Waals surface area contributed by atoms with Crippen LogP contribution in [0.25, 0.3) is 17.8 Å². The normalized spacial score (nSPS) is 15.0. The molecule has 0 bridgehead atoms. The van der Waals surface area contributed by atoms with Gasteiger partial charge in [0.15, 0.2) is 5.82 Å². The van der Waals surface area contributed by atoms with Crippen molar-refractivity contribution in [2.24, 2.45) is 0 Å². The Bertz CT molecular complexity index is 1830. The van der Waals surface area contributed by atoms with Crippen LogP contribution in [-0.2, 0) is 33.5 Å². The van der Waals surface area contributed by atoms with E-state index in [0.717, 1.165) is 23.9 Å². The molecule has 0 saturated heterocycles. The number of methoxy groups -OCH3 is 1. The number of ether oxygens (including phenoxy) is 1. The molecule has 1 aliphatic rings. The SMILES string of the molecule is COc1nc(C=Cc2nc3n(n2)CCC[C@H]3c2ccccc2C(F)(F)F)ccc1-n1cnc(C)c1.O=S(=O)(O)O.O=S(=O)(O)O. The molecule has 1 atom stereocenters. The lowest BCUT2D eigenvalue weighted by Gasteiger charge is -2.25. The predicted octanol–water partition coefficient (Wildman–Crippen LogP) is 3.99. The van der Waals surface area contributed by atoms with Crippen molar-refractivity contribution in [1.29, 1.82) is 0 Å². The number of hydrogen-bond acceptors (Lipinski definition) is 9. The number of aromatic nitrogens is 6. The third-order valence-corrected chi connectivity index (χ3v) is 5.98. The van der Waals surface area contributed by atoms with Crippen molar-refractivity contribution in [2.75, 3.05) is 7.11 Å². The van der Waals surface area contributed by atoms with E-state index in [1.54, 1.807) is 36.3 Å². The van der Waals surface area contributed by atoms with Gasteiger partial charge in [-0.1, -0.05) is 18.2 Å². The summed E-state index contributed by atoms with van der Waals surface area (Å²) < 4.78 is 113. The first-order valence-electron chi connectivity index (χ1n) is 12.6. The highest BCUT2D eigenvalue weighted by atomic mass is 32.3. The van der Waals surface area contributed by atoms with Gasteiger partial charge in [0.05, 0.1) is 30.4 Å². The molecule has 0 amide bonds. The van der Waals surface area contributed by atoms with Crippen molar-refractivity contribution < 1.29 is 53.0 Å². The van der Waals surface area contributed by atoms with Gasteiger partial charge in [-0.05, 0) is 55.7 Å². The number of fused-ring (bicyclic) bond motifs is 1. The van der Waals surface area contributed by atoms with Crippen molar-refractivity contribution in [1.82, 2.24) is 29.3 Å². The highest BCUT2D eigenvalue weighted by molar-refractivity contribution is 7.80. The summed E-state index contributed by atoms with van der Waals surface area (Å²) in [6.45, 7) is 2.52. The summed E-state index contributed by atoms with van der Waals surface area (Å²) in [5.41, 5.74) is 1.88. The number of rotatable bonds is 5. The Hall–Kier alpha value is -4.21. The van der Waals surface area contributed by atoms with E-state index in [0.29, 0.717) is 36.2 Å². The number of halogens is 3. The quantitative estimate of drug-likeness (QED) is 0.220. The topological polar surface area (TPSA) is 220 Å². The van der Waals surface area contributed by atoms with Crippen LogP contribution in [0.5, 0.6) is 5.88 Å². The summed E-state index contributed by atoms with van der Waals surface area (Å²) in [6.07, 6.45) is 3.92. The van der Waals surface area contributed by atoms with Gasteiger partial charge in [0.1, 0.15) is 11.5 Å². The molecule has 0 radical (unpaired) electrons. The highest BCUT2D eigenvalue weighted by Gasteiger charge is 2.37. The molecule has 0 fully saturated rings. The van der Waals surface area contributed by atoms with Crippen LogP contribution in [0.15, 0.2) is 48.9 Å². The lowest BCUT2D eigenvalue weighted by Crippen LogP contribution is -2.21. The molecule has 3 aromatic heterocycles. The molecule has 244 valence electrons. The summed E-state index contributed by atoms with van der Waals surface area (Å²) >= 11 is 0. The van der Waals surface area contributed by atoms with Crippen LogP contribution in [-0.4, -0.2) is 71.5 Å². The van der Waals surface area contributed by atoms with Crippen LogP contribution in [0.2, 0.25) is 0 Å². The van der Waals surface area contributed by atoms with Gasteiger partial charge < -0.3 is 9.30 Å². The lowest BCUT2D eigenvalue weighted by molar-refractivity contribution is -0.138. The van der Waals surface area contributed by atoms with Gasteiger partial charge >= 0.3 is 27.0 Å². The zero-order valence-electron chi connectivity index (χ0n) is 23.4. The number of benzene rings is 1. The van der Waals surface area contributed by atoms with Crippen LogP contribution in [0.3, 0.4) is 0 Å². The Morgan fingerprint density at radius 2 is 1.62 bits per heavy atom. The van der Waals surface area contributed by atoms with Crippen molar-refractivity contribution >= 4 is 33.0 Å². The molecule has 0 saturated carbocycles. The summed E-state index contributed by atoms with van der Waals surface area (Å²) in [7, 11) is -7.78. The van der Waals surface area contributed by atoms with Gasteiger partial charge in [0.25, 0.3) is 0 Å². The molecule has 4 aromatic rings. The average molecular weight is 677 g/mol. The Kier molecular flexibility index (Phi) is 11.2. The second-order valence-corrected chi connectivity index (χ2v) is 11.0. The van der Waals surface area contributed by atoms with Gasteiger partial charge in [-0.3, -0.25) is 18.2 Å². The number of pyridine rings is 1. The Labute approximate surface area is 255 Å². The van der Waals surface area contributed by atoms with Crippen molar-refractivity contribution in [3.05, 3.63) is 83.1 Å². The second-order valence-electron chi connectivity index (χ2n) is 9.25. The number of alkyl halides is 3. The third-order valence-electron chi connectivity index (χ3n) is 5.98. The van der Waals surface area contributed by atoms with Gasteiger partial charge in [0.2, 0.25) is 5.88 Å². The molecule has 15 nitrogen and oxygen atoms in total. The van der Waals surface area contributed by atoms with Crippen LogP contribution in [0, 0.1) is 6.92 Å². The fourth-order valence-corrected chi connectivity index (χ4v) is 4.39. The Morgan fingerprint density at radius 3 is 2.20 bits per heavy atom. The predicted molar refractivity (Wildman–Crippen MR) is 152 cm³/mol. The van der Waals surface area contributed by atoms with E-state index < -0.39 is 38.5 Å². The first kappa shape index (κ1) is 35.3. The van der Waals surface area contributed by atoms with Gasteiger partial charge in [-0.2, -0.15) is 35.1 Å². The number of nitrogens with zero attached hydrogens (tertiary/aromatic N) is 6. The van der Waals surface area contributed by atoms with Crippen molar-refractivity contribution in [2.45, 2.75) is 38.4 Å². The maximum atomic E-state index is 13.6. The first-order valence-corrected chi connectivity index (χ1v) is 15.4. The number of imidazole rings is 1. The van der Waals surface area contributed by atoms with E-state index in [1.807, 2.05) is 29.8 Å². The largest absolute Gasteiger partial charge is 0.479 e. The minimum absolute atomic E-state index is 0.237. The maximum absolute atomic E-state index is 13.6. The van der Waals surface area contributed by atoms with Gasteiger partial charge in [0, 0.05) is 18.7 Å². The molecule has 0 spiro atoms. The standard InChI is InChI=1S/C25H23F3N6O.2H2O4S/c1-16-14-33(15-29-16)21-11-9-17(30-24(21)35-2)10-12-22-31-23-19(7-5-13-34(23)32-22)18-6-3-4-8-20(18)25(26,27)28;2*1-5(2,3)4/h3-4,6,8-12,14-15,19H,5,7,13H2,1-2H3;2*(H2,1,2,3,4)/t19-;;/m0../s1. The third kappa shape index (κ3) is 11.0. The number of hydrogen-bond donors (Lipinski definition) is 4. The minimum Gasteiger partial charge on any atom is -0.479 e. The summed E-state index contributed by atoms with van der Waals surface area (Å²) in [6, 6.07) is 9.42. The molecule has 1 aliphatic heterocycles. The molecule has 0 unspecified atom stereocenters. The fourth-order valence-electron chi connectivity index (χ4n) is 4.39.